The van der Waals surface area contributed by atoms with Gasteiger partial charge in [0.05, 0.1) is 7.11 Å². The Balaban J connectivity index is 1.56. The van der Waals surface area contributed by atoms with E-state index in [1.54, 1.807) is 32.2 Å². The van der Waals surface area contributed by atoms with E-state index in [1.165, 1.54) is 0 Å². The highest BCUT2D eigenvalue weighted by atomic mass is 16.5. The molecule has 0 saturated heterocycles. The summed E-state index contributed by atoms with van der Waals surface area (Å²) in [6.45, 7) is 4.14. The summed E-state index contributed by atoms with van der Waals surface area (Å²) in [6.07, 6.45) is 3.22. The summed E-state index contributed by atoms with van der Waals surface area (Å²) in [6, 6.07) is 22.8. The summed E-state index contributed by atoms with van der Waals surface area (Å²) in [5, 5.41) is 2.86. The summed E-state index contributed by atoms with van der Waals surface area (Å²) in [7, 11) is 1.58. The van der Waals surface area contributed by atoms with Crippen LogP contribution in [0.15, 0.2) is 78.9 Å². The summed E-state index contributed by atoms with van der Waals surface area (Å²) in [5.74, 6) is 1.58. The molecule has 5 heteroatoms. The Kier molecular flexibility index (Phi) is 7.71. The highest BCUT2D eigenvalue weighted by molar-refractivity contribution is 5.94. The van der Waals surface area contributed by atoms with Crippen LogP contribution in [-0.4, -0.2) is 19.1 Å². The molecule has 3 aromatic carbocycles. The smallest absolute Gasteiger partial charge is 0.265 e. The topological polar surface area (TPSA) is 56.8 Å². The third-order valence-electron chi connectivity index (χ3n) is 4.59. The van der Waals surface area contributed by atoms with Gasteiger partial charge in [0.1, 0.15) is 12.4 Å². The van der Waals surface area contributed by atoms with Gasteiger partial charge < -0.3 is 19.5 Å². The number of ether oxygens (including phenoxy) is 3. The second-order valence-electron chi connectivity index (χ2n) is 6.96. The quantitative estimate of drug-likeness (QED) is 0.484. The van der Waals surface area contributed by atoms with E-state index in [9.17, 15) is 4.79 Å². The lowest BCUT2D eigenvalue weighted by molar-refractivity contribution is -0.122. The number of anilines is 1. The lowest BCUT2D eigenvalue weighted by Crippen LogP contribution is -2.30. The number of nitrogens with one attached hydrogen (secondary N) is 1. The van der Waals surface area contributed by atoms with Gasteiger partial charge in [-0.1, -0.05) is 48.6 Å². The Morgan fingerprint density at radius 1 is 1.00 bits per heavy atom. The summed E-state index contributed by atoms with van der Waals surface area (Å²) in [4.78, 5) is 12.6. The Morgan fingerprint density at radius 3 is 2.42 bits per heavy atom. The highest BCUT2D eigenvalue weighted by Crippen LogP contribution is 2.29. The Bertz CT molecular complexity index is 1010. The molecule has 0 bridgehead atoms. The minimum atomic E-state index is -0.699. The molecule has 3 rings (SSSR count). The predicted octanol–water partition coefficient (Wildman–Crippen LogP) is 5.71. The zero-order valence-corrected chi connectivity index (χ0v) is 18.0. The maximum Gasteiger partial charge on any atom is 0.265 e. The van der Waals surface area contributed by atoms with Crippen LogP contribution in [0.3, 0.4) is 0 Å². The second-order valence-corrected chi connectivity index (χ2v) is 6.96. The number of hydrogen-bond acceptors (Lipinski definition) is 4. The second kappa shape index (κ2) is 10.9. The largest absolute Gasteiger partial charge is 0.493 e. The van der Waals surface area contributed by atoms with Crippen molar-refractivity contribution in [2.24, 2.45) is 0 Å². The molecular weight excluding hydrogens is 390 g/mol. The molecule has 1 unspecified atom stereocenters. The Labute approximate surface area is 183 Å². The van der Waals surface area contributed by atoms with E-state index in [0.29, 0.717) is 23.8 Å². The first-order chi connectivity index (χ1) is 15.1. The normalized spacial score (nSPS) is 11.7. The van der Waals surface area contributed by atoms with Gasteiger partial charge in [-0.2, -0.15) is 0 Å². The fourth-order valence-corrected chi connectivity index (χ4v) is 2.94. The van der Waals surface area contributed by atoms with E-state index in [-0.39, 0.29) is 5.91 Å². The number of rotatable bonds is 9. The van der Waals surface area contributed by atoms with E-state index in [1.807, 2.05) is 73.7 Å². The van der Waals surface area contributed by atoms with Crippen molar-refractivity contribution in [3.05, 3.63) is 90.0 Å². The first-order valence-electron chi connectivity index (χ1n) is 10.1. The van der Waals surface area contributed by atoms with Gasteiger partial charge in [0.2, 0.25) is 0 Å². The Hall–Kier alpha value is -3.73. The van der Waals surface area contributed by atoms with Crippen molar-refractivity contribution in [3.63, 3.8) is 0 Å². The molecule has 0 saturated carbocycles. The van der Waals surface area contributed by atoms with Crippen molar-refractivity contribution >= 4 is 17.7 Å². The van der Waals surface area contributed by atoms with E-state index < -0.39 is 6.10 Å². The SMILES string of the molecule is C/C=C/c1ccc(OC(C)C(=O)Nc2ccc(OCc3ccccc3)cc2)c(OC)c1. The van der Waals surface area contributed by atoms with Crippen LogP contribution in [0.1, 0.15) is 25.0 Å². The monoisotopic (exact) mass is 417 g/mol. The van der Waals surface area contributed by atoms with E-state index >= 15 is 0 Å². The standard InChI is InChI=1S/C26H27NO4/c1-4-8-20-11-16-24(25(17-20)29-3)31-19(2)26(28)27-22-12-14-23(15-13-22)30-18-21-9-6-5-7-10-21/h4-17,19H,18H2,1-3H3,(H,27,28)/b8-4+. The Morgan fingerprint density at radius 2 is 1.74 bits per heavy atom. The first-order valence-corrected chi connectivity index (χ1v) is 10.1. The molecule has 0 aliphatic carbocycles. The number of carbonyl (C=O) groups is 1. The average Bonchev–Trinajstić information content (AvgIpc) is 2.80. The maximum atomic E-state index is 12.6. The van der Waals surface area contributed by atoms with Gasteiger partial charge >= 0.3 is 0 Å². The van der Waals surface area contributed by atoms with Crippen LogP contribution in [-0.2, 0) is 11.4 Å². The molecule has 0 aliphatic heterocycles. The molecule has 0 spiro atoms. The zero-order valence-electron chi connectivity index (χ0n) is 18.0. The summed E-state index contributed by atoms with van der Waals surface area (Å²) >= 11 is 0. The lowest BCUT2D eigenvalue weighted by Gasteiger charge is -2.17. The third-order valence-corrected chi connectivity index (χ3v) is 4.59. The van der Waals surface area contributed by atoms with Crippen molar-refractivity contribution in [1.29, 1.82) is 0 Å². The lowest BCUT2D eigenvalue weighted by atomic mass is 10.2. The number of hydrogen-bond donors (Lipinski definition) is 1. The molecule has 31 heavy (non-hydrogen) atoms. The number of amides is 1. The minimum Gasteiger partial charge on any atom is -0.493 e. The van der Waals surface area contributed by atoms with Crippen molar-refractivity contribution in [2.45, 2.75) is 26.6 Å². The van der Waals surface area contributed by atoms with Gasteiger partial charge in [0.15, 0.2) is 17.6 Å². The van der Waals surface area contributed by atoms with Gasteiger partial charge in [-0.25, -0.2) is 0 Å². The number of methoxy groups -OCH3 is 1. The van der Waals surface area contributed by atoms with Gasteiger partial charge in [0.25, 0.3) is 5.91 Å². The predicted molar refractivity (Wildman–Crippen MR) is 124 cm³/mol. The molecule has 1 N–H and O–H groups in total. The number of allylic oxidation sites excluding steroid dienone is 1. The number of benzene rings is 3. The van der Waals surface area contributed by atoms with Gasteiger partial charge in [-0.3, -0.25) is 4.79 Å². The van der Waals surface area contributed by atoms with E-state index in [2.05, 4.69) is 5.32 Å². The van der Waals surface area contributed by atoms with Crippen LogP contribution < -0.4 is 19.5 Å². The summed E-state index contributed by atoms with van der Waals surface area (Å²) < 4.78 is 17.0. The summed E-state index contributed by atoms with van der Waals surface area (Å²) in [5.41, 5.74) is 2.77. The van der Waals surface area contributed by atoms with Crippen molar-refractivity contribution in [1.82, 2.24) is 0 Å². The molecule has 160 valence electrons. The van der Waals surface area contributed by atoms with Crippen LogP contribution in [0, 0.1) is 0 Å². The van der Waals surface area contributed by atoms with Crippen LogP contribution in [0.25, 0.3) is 6.08 Å². The van der Waals surface area contributed by atoms with Crippen LogP contribution in [0.4, 0.5) is 5.69 Å². The van der Waals surface area contributed by atoms with Crippen molar-refractivity contribution < 1.29 is 19.0 Å². The molecule has 1 amide bonds. The molecule has 1 atom stereocenters. The van der Waals surface area contributed by atoms with Gasteiger partial charge in [0, 0.05) is 5.69 Å². The van der Waals surface area contributed by atoms with Crippen molar-refractivity contribution in [2.75, 3.05) is 12.4 Å². The third kappa shape index (κ3) is 6.37. The zero-order chi connectivity index (χ0) is 22.1. The molecule has 0 aliphatic rings. The van der Waals surface area contributed by atoms with Gasteiger partial charge in [-0.15, -0.1) is 0 Å². The molecule has 5 nitrogen and oxygen atoms in total. The highest BCUT2D eigenvalue weighted by Gasteiger charge is 2.17. The van der Waals surface area contributed by atoms with Crippen molar-refractivity contribution in [3.8, 4) is 17.2 Å². The molecule has 0 heterocycles. The fraction of sp³-hybridized carbons (Fsp3) is 0.192. The maximum absolute atomic E-state index is 12.6. The van der Waals surface area contributed by atoms with Gasteiger partial charge in [-0.05, 0) is 61.4 Å². The van der Waals surface area contributed by atoms with E-state index in [4.69, 9.17) is 14.2 Å². The van der Waals surface area contributed by atoms with E-state index in [0.717, 1.165) is 16.9 Å². The molecule has 3 aromatic rings. The molecule has 0 radical (unpaired) electrons. The van der Waals surface area contributed by atoms with Crippen LogP contribution in [0.2, 0.25) is 0 Å². The molecular formula is C26H27NO4. The first kappa shape index (κ1) is 22.0. The minimum absolute atomic E-state index is 0.252. The average molecular weight is 418 g/mol. The van der Waals surface area contributed by atoms with Crippen LogP contribution >= 0.6 is 0 Å². The molecule has 0 aromatic heterocycles. The number of carbonyl (C=O) groups excluding carboxylic acids is 1. The molecule has 0 fully saturated rings. The fourth-order valence-electron chi connectivity index (χ4n) is 2.94. The van der Waals surface area contributed by atoms with Crippen LogP contribution in [0.5, 0.6) is 17.2 Å².